The van der Waals surface area contributed by atoms with Gasteiger partial charge in [0.1, 0.15) is 0 Å². The van der Waals surface area contributed by atoms with Gasteiger partial charge >= 0.3 is 0 Å². The van der Waals surface area contributed by atoms with E-state index in [9.17, 15) is 0 Å². The fourth-order valence-electron chi connectivity index (χ4n) is 1.76. The zero-order chi connectivity index (χ0) is 15.9. The van der Waals surface area contributed by atoms with Crippen LogP contribution in [0.25, 0.3) is 12.2 Å². The fourth-order valence-corrected chi connectivity index (χ4v) is 1.97. The Bertz CT molecular complexity index is 586. The van der Waals surface area contributed by atoms with Crippen LogP contribution in [0, 0.1) is 0 Å². The van der Waals surface area contributed by atoms with Crippen molar-refractivity contribution >= 4 is 23.8 Å². The van der Waals surface area contributed by atoms with E-state index in [1.807, 2.05) is 30.3 Å². The van der Waals surface area contributed by atoms with Gasteiger partial charge in [-0.15, -0.1) is 0 Å². The summed E-state index contributed by atoms with van der Waals surface area (Å²) in [5, 5.41) is 0.757. The van der Waals surface area contributed by atoms with Crippen LogP contribution >= 0.6 is 11.6 Å². The summed E-state index contributed by atoms with van der Waals surface area (Å²) < 4.78 is 0. The maximum atomic E-state index is 5.75. The van der Waals surface area contributed by atoms with Crippen LogP contribution in [0.15, 0.2) is 61.7 Å². The molecule has 0 atom stereocenters. The molecule has 1 heteroatoms. The molecule has 2 aromatic rings. The Morgan fingerprint density at radius 2 is 1.43 bits per heavy atom. The first-order valence-corrected chi connectivity index (χ1v) is 7.36. The molecule has 0 saturated carbocycles. The van der Waals surface area contributed by atoms with E-state index >= 15 is 0 Å². The molecule has 0 saturated heterocycles. The topological polar surface area (TPSA) is 0 Å². The Labute approximate surface area is 133 Å². The molecule has 110 valence electrons. The molecule has 2 rings (SSSR count). The van der Waals surface area contributed by atoms with E-state index in [0.29, 0.717) is 0 Å². The van der Waals surface area contributed by atoms with Crippen molar-refractivity contribution in [3.63, 3.8) is 0 Å². The van der Waals surface area contributed by atoms with Crippen LogP contribution in [-0.2, 0) is 5.41 Å². The van der Waals surface area contributed by atoms with Crippen molar-refractivity contribution in [1.82, 2.24) is 0 Å². The van der Waals surface area contributed by atoms with Crippen molar-refractivity contribution in [2.75, 3.05) is 0 Å². The number of halogens is 1. The van der Waals surface area contributed by atoms with Gasteiger partial charge in [0.2, 0.25) is 0 Å². The number of rotatable bonds is 2. The predicted molar refractivity (Wildman–Crippen MR) is 96.8 cm³/mol. The molecule has 0 radical (unpaired) electrons. The molecule has 0 aliphatic rings. The van der Waals surface area contributed by atoms with Crippen LogP contribution < -0.4 is 0 Å². The Kier molecular flexibility index (Phi) is 6.45. The summed E-state index contributed by atoms with van der Waals surface area (Å²) in [6.45, 7) is 14.0. The molecule has 0 nitrogen and oxygen atoms in total. The minimum Gasteiger partial charge on any atom is -0.0985 e. The average Bonchev–Trinajstić information content (AvgIpc) is 2.47. The zero-order valence-corrected chi connectivity index (χ0v) is 13.8. The monoisotopic (exact) mass is 298 g/mol. The average molecular weight is 299 g/mol. The molecule has 0 heterocycles. The lowest BCUT2D eigenvalue weighted by molar-refractivity contribution is 0.590. The molecule has 0 spiro atoms. The molecule has 0 amide bonds. The third-order valence-corrected chi connectivity index (χ3v) is 3.48. The van der Waals surface area contributed by atoms with Crippen molar-refractivity contribution in [2.45, 2.75) is 26.2 Å². The molecular formula is C20H23Cl. The zero-order valence-electron chi connectivity index (χ0n) is 13.1. The fraction of sp³-hybridized carbons (Fsp3) is 0.200. The molecule has 0 fully saturated rings. The van der Waals surface area contributed by atoms with Crippen LogP contribution in [0.3, 0.4) is 0 Å². The number of benzene rings is 2. The van der Waals surface area contributed by atoms with Crippen molar-refractivity contribution in [1.29, 1.82) is 0 Å². The molecular weight excluding hydrogens is 276 g/mol. The highest BCUT2D eigenvalue weighted by Gasteiger charge is 2.12. The van der Waals surface area contributed by atoms with Crippen LogP contribution in [0.1, 0.15) is 37.5 Å². The summed E-state index contributed by atoms with van der Waals surface area (Å²) in [6.07, 6.45) is 3.61. The van der Waals surface area contributed by atoms with Crippen molar-refractivity contribution in [3.05, 3.63) is 83.4 Å². The van der Waals surface area contributed by atoms with E-state index in [2.05, 4.69) is 58.2 Å². The quantitative estimate of drug-likeness (QED) is 0.585. The minimum atomic E-state index is 0.250. The molecule has 0 aliphatic heterocycles. The van der Waals surface area contributed by atoms with E-state index in [0.717, 1.165) is 10.6 Å². The highest BCUT2D eigenvalue weighted by molar-refractivity contribution is 6.32. The molecule has 2 aromatic carbocycles. The van der Waals surface area contributed by atoms with Gasteiger partial charge in [0.15, 0.2) is 0 Å². The van der Waals surface area contributed by atoms with E-state index in [1.54, 1.807) is 6.08 Å². The summed E-state index contributed by atoms with van der Waals surface area (Å²) in [5.41, 5.74) is 3.79. The van der Waals surface area contributed by atoms with Gasteiger partial charge in [-0.1, -0.05) is 100 Å². The minimum absolute atomic E-state index is 0.250. The lowest BCUT2D eigenvalue weighted by Crippen LogP contribution is -2.10. The molecule has 0 bridgehead atoms. The Morgan fingerprint density at radius 1 is 0.857 bits per heavy atom. The maximum Gasteiger partial charge on any atom is 0.0478 e. The summed E-state index contributed by atoms with van der Waals surface area (Å²) in [4.78, 5) is 0. The van der Waals surface area contributed by atoms with Crippen molar-refractivity contribution < 1.29 is 0 Å². The SMILES string of the molecule is C=Cc1ccc(C(C)(C)C)cc1.C=Cc1ccccc1Cl. The molecule has 21 heavy (non-hydrogen) atoms. The second-order valence-corrected chi connectivity index (χ2v) is 6.21. The van der Waals surface area contributed by atoms with Gasteiger partial charge in [0, 0.05) is 5.02 Å². The van der Waals surface area contributed by atoms with Crippen molar-refractivity contribution in [3.8, 4) is 0 Å². The van der Waals surface area contributed by atoms with Crippen LogP contribution in [-0.4, -0.2) is 0 Å². The van der Waals surface area contributed by atoms with Gasteiger partial charge < -0.3 is 0 Å². The van der Waals surface area contributed by atoms with Crippen LogP contribution in [0.5, 0.6) is 0 Å². The van der Waals surface area contributed by atoms with E-state index in [1.165, 1.54) is 11.1 Å². The summed E-state index contributed by atoms with van der Waals surface area (Å²) in [7, 11) is 0. The van der Waals surface area contributed by atoms with Crippen LogP contribution in [0.4, 0.5) is 0 Å². The van der Waals surface area contributed by atoms with Gasteiger partial charge in [-0.25, -0.2) is 0 Å². The highest BCUT2D eigenvalue weighted by Crippen LogP contribution is 2.22. The van der Waals surface area contributed by atoms with E-state index in [4.69, 9.17) is 11.6 Å². The molecule has 0 N–H and O–H groups in total. The Balaban J connectivity index is 0.000000219. The summed E-state index contributed by atoms with van der Waals surface area (Å²) >= 11 is 5.75. The standard InChI is InChI=1S/C12H16.C8H7Cl/c1-5-10-6-8-11(9-7-10)12(2,3)4;1-2-7-5-3-4-6-8(7)9/h5-9H,1H2,2-4H3;2-6H,1H2. The third-order valence-electron chi connectivity index (χ3n) is 3.14. The first kappa shape index (κ1) is 17.3. The summed E-state index contributed by atoms with van der Waals surface area (Å²) in [6, 6.07) is 16.1. The van der Waals surface area contributed by atoms with Crippen molar-refractivity contribution in [2.24, 2.45) is 0 Å². The van der Waals surface area contributed by atoms with E-state index in [-0.39, 0.29) is 5.41 Å². The smallest absolute Gasteiger partial charge is 0.0478 e. The number of hydrogen-bond acceptors (Lipinski definition) is 0. The highest BCUT2D eigenvalue weighted by atomic mass is 35.5. The second-order valence-electron chi connectivity index (χ2n) is 5.80. The van der Waals surface area contributed by atoms with Gasteiger partial charge in [-0.3, -0.25) is 0 Å². The normalized spacial score (nSPS) is 10.3. The van der Waals surface area contributed by atoms with Gasteiger partial charge in [0.05, 0.1) is 0 Å². The Morgan fingerprint density at radius 3 is 1.81 bits per heavy atom. The lowest BCUT2D eigenvalue weighted by Gasteiger charge is -2.18. The second kappa shape index (κ2) is 7.85. The first-order chi connectivity index (χ1) is 9.88. The maximum absolute atomic E-state index is 5.75. The Hall–Kier alpha value is -1.79. The summed E-state index contributed by atoms with van der Waals surface area (Å²) in [5.74, 6) is 0. The van der Waals surface area contributed by atoms with Gasteiger partial charge in [-0.2, -0.15) is 0 Å². The largest absolute Gasteiger partial charge is 0.0985 e. The van der Waals surface area contributed by atoms with Gasteiger partial charge in [-0.05, 0) is 28.2 Å². The van der Waals surface area contributed by atoms with E-state index < -0.39 is 0 Å². The number of hydrogen-bond donors (Lipinski definition) is 0. The first-order valence-electron chi connectivity index (χ1n) is 6.98. The van der Waals surface area contributed by atoms with Gasteiger partial charge in [0.25, 0.3) is 0 Å². The molecule has 0 unspecified atom stereocenters. The lowest BCUT2D eigenvalue weighted by atomic mass is 9.87. The molecule has 0 aromatic heterocycles. The van der Waals surface area contributed by atoms with Crippen LogP contribution in [0.2, 0.25) is 5.02 Å². The predicted octanol–water partition coefficient (Wildman–Crippen LogP) is 6.61. The molecule has 0 aliphatic carbocycles. The third kappa shape index (κ3) is 5.61.